The molecule has 106 valence electrons. The van der Waals surface area contributed by atoms with E-state index in [9.17, 15) is 8.42 Å². The van der Waals surface area contributed by atoms with Gasteiger partial charge in [0.25, 0.3) is 16.0 Å². The molecule has 8 nitrogen and oxygen atoms in total. The van der Waals surface area contributed by atoms with Crippen molar-refractivity contribution in [2.75, 3.05) is 17.1 Å². The van der Waals surface area contributed by atoms with Crippen molar-refractivity contribution in [2.45, 2.75) is 18.7 Å². The first-order valence-electron chi connectivity index (χ1n) is 5.77. The van der Waals surface area contributed by atoms with E-state index in [1.165, 1.54) is 18.3 Å². The zero-order valence-electron chi connectivity index (χ0n) is 11.2. The Morgan fingerprint density at radius 3 is 2.55 bits per heavy atom. The van der Waals surface area contributed by atoms with Crippen LogP contribution in [0.5, 0.6) is 0 Å². The molecular weight excluding hydrogens is 280 g/mol. The minimum Gasteiger partial charge on any atom is -0.373 e. The maximum Gasteiger partial charge on any atom is 0.264 e. The smallest absolute Gasteiger partial charge is 0.264 e. The standard InChI is InChI=1S/C11H14N6O2S/c1-7-8(2)15-16-11(14-7)17-20(18,19)9-4-5-13-10(6-9)12-3/h4-6H,1-3H3,(H,12,13)(H,14,16,17). The minimum atomic E-state index is -3.77. The number of rotatable bonds is 4. The molecule has 20 heavy (non-hydrogen) atoms. The molecule has 2 heterocycles. The number of anilines is 2. The molecule has 0 aliphatic carbocycles. The molecule has 0 atom stereocenters. The van der Waals surface area contributed by atoms with Crippen molar-refractivity contribution < 1.29 is 8.42 Å². The first kappa shape index (κ1) is 14.1. The number of nitrogens with zero attached hydrogens (tertiary/aromatic N) is 4. The molecule has 0 saturated heterocycles. The molecule has 0 fully saturated rings. The van der Waals surface area contributed by atoms with Crippen LogP contribution in [0.3, 0.4) is 0 Å². The molecule has 2 N–H and O–H groups in total. The van der Waals surface area contributed by atoms with Gasteiger partial charge in [-0.2, -0.15) is 5.10 Å². The largest absolute Gasteiger partial charge is 0.373 e. The predicted molar refractivity (Wildman–Crippen MR) is 73.9 cm³/mol. The quantitative estimate of drug-likeness (QED) is 0.855. The van der Waals surface area contributed by atoms with Crippen LogP contribution in [0.4, 0.5) is 11.8 Å². The molecule has 0 aliphatic heterocycles. The van der Waals surface area contributed by atoms with Gasteiger partial charge in [-0.15, -0.1) is 5.10 Å². The Bertz CT molecular complexity index is 731. The lowest BCUT2D eigenvalue weighted by Crippen LogP contribution is -2.16. The third-order valence-electron chi connectivity index (χ3n) is 2.62. The summed E-state index contributed by atoms with van der Waals surface area (Å²) in [6.07, 6.45) is 1.40. The highest BCUT2D eigenvalue weighted by Gasteiger charge is 2.17. The van der Waals surface area contributed by atoms with E-state index < -0.39 is 10.0 Å². The average Bonchev–Trinajstić information content (AvgIpc) is 2.43. The average molecular weight is 294 g/mol. The fraction of sp³-hybridized carbons (Fsp3) is 0.273. The van der Waals surface area contributed by atoms with Gasteiger partial charge in [-0.1, -0.05) is 0 Å². The number of hydrogen-bond acceptors (Lipinski definition) is 7. The Balaban J connectivity index is 2.32. The zero-order valence-corrected chi connectivity index (χ0v) is 12.1. The highest BCUT2D eigenvalue weighted by atomic mass is 32.2. The van der Waals surface area contributed by atoms with Gasteiger partial charge in [0.2, 0.25) is 0 Å². The van der Waals surface area contributed by atoms with Crippen LogP contribution < -0.4 is 10.0 Å². The van der Waals surface area contributed by atoms with E-state index in [-0.39, 0.29) is 10.8 Å². The predicted octanol–water partition coefficient (Wildman–Crippen LogP) is 0.726. The topological polar surface area (TPSA) is 110 Å². The highest BCUT2D eigenvalue weighted by Crippen LogP contribution is 2.15. The van der Waals surface area contributed by atoms with Crippen molar-refractivity contribution in [1.82, 2.24) is 20.2 Å². The van der Waals surface area contributed by atoms with Crippen molar-refractivity contribution in [1.29, 1.82) is 0 Å². The molecule has 0 unspecified atom stereocenters. The Morgan fingerprint density at radius 1 is 1.15 bits per heavy atom. The van der Waals surface area contributed by atoms with E-state index in [0.717, 1.165) is 0 Å². The summed E-state index contributed by atoms with van der Waals surface area (Å²) in [5.41, 5.74) is 1.26. The van der Waals surface area contributed by atoms with Gasteiger partial charge in [0.1, 0.15) is 5.82 Å². The summed E-state index contributed by atoms with van der Waals surface area (Å²) in [5.74, 6) is 0.392. The lowest BCUT2D eigenvalue weighted by Gasteiger charge is -2.08. The minimum absolute atomic E-state index is 0.0593. The van der Waals surface area contributed by atoms with E-state index in [1.807, 2.05) is 0 Å². The van der Waals surface area contributed by atoms with Gasteiger partial charge in [-0.25, -0.2) is 23.1 Å². The summed E-state index contributed by atoms with van der Waals surface area (Å²) < 4.78 is 26.7. The van der Waals surface area contributed by atoms with Crippen LogP contribution in [-0.2, 0) is 10.0 Å². The number of hydrogen-bond donors (Lipinski definition) is 2. The number of pyridine rings is 1. The van der Waals surface area contributed by atoms with Gasteiger partial charge in [0.15, 0.2) is 0 Å². The second-order valence-electron chi connectivity index (χ2n) is 4.04. The second-order valence-corrected chi connectivity index (χ2v) is 5.72. The molecule has 0 aliphatic rings. The molecule has 0 aromatic carbocycles. The summed E-state index contributed by atoms with van der Waals surface area (Å²) in [4.78, 5) is 8.06. The van der Waals surface area contributed by atoms with Crippen LogP contribution in [0.1, 0.15) is 11.4 Å². The van der Waals surface area contributed by atoms with Gasteiger partial charge < -0.3 is 5.32 Å². The number of aryl methyl sites for hydroxylation is 2. The summed E-state index contributed by atoms with van der Waals surface area (Å²) >= 11 is 0. The van der Waals surface area contributed by atoms with Crippen LogP contribution in [-0.4, -0.2) is 35.6 Å². The van der Waals surface area contributed by atoms with Crippen molar-refractivity contribution in [3.8, 4) is 0 Å². The summed E-state index contributed by atoms with van der Waals surface area (Å²) in [7, 11) is -2.12. The Labute approximate surface area is 116 Å². The van der Waals surface area contributed by atoms with Crippen LogP contribution in [0.25, 0.3) is 0 Å². The molecular formula is C11H14N6O2S. The maximum absolute atomic E-state index is 12.2. The van der Waals surface area contributed by atoms with E-state index >= 15 is 0 Å². The number of aromatic nitrogens is 4. The molecule has 0 amide bonds. The van der Waals surface area contributed by atoms with Gasteiger partial charge in [0, 0.05) is 19.3 Å². The summed E-state index contributed by atoms with van der Waals surface area (Å²) in [6.45, 7) is 3.48. The van der Waals surface area contributed by atoms with Crippen molar-refractivity contribution in [2.24, 2.45) is 0 Å². The van der Waals surface area contributed by atoms with Crippen molar-refractivity contribution >= 4 is 21.8 Å². The molecule has 0 saturated carbocycles. The maximum atomic E-state index is 12.2. The summed E-state index contributed by atoms with van der Waals surface area (Å²) in [5, 5.41) is 10.3. The lowest BCUT2D eigenvalue weighted by atomic mass is 10.4. The van der Waals surface area contributed by atoms with E-state index in [1.54, 1.807) is 20.9 Å². The van der Waals surface area contributed by atoms with Crippen LogP contribution in [0.2, 0.25) is 0 Å². The zero-order chi connectivity index (χ0) is 14.8. The molecule has 0 spiro atoms. The molecule has 2 aromatic rings. The molecule has 2 aromatic heterocycles. The highest BCUT2D eigenvalue weighted by molar-refractivity contribution is 7.92. The fourth-order valence-electron chi connectivity index (χ4n) is 1.39. The van der Waals surface area contributed by atoms with Crippen LogP contribution >= 0.6 is 0 Å². The fourth-order valence-corrected chi connectivity index (χ4v) is 2.35. The van der Waals surface area contributed by atoms with E-state index in [2.05, 4.69) is 30.2 Å². The number of nitrogens with one attached hydrogen (secondary N) is 2. The Morgan fingerprint density at radius 2 is 1.90 bits per heavy atom. The van der Waals surface area contributed by atoms with Crippen LogP contribution in [0.15, 0.2) is 23.2 Å². The molecule has 0 radical (unpaired) electrons. The van der Waals surface area contributed by atoms with E-state index in [0.29, 0.717) is 17.2 Å². The molecule has 2 rings (SSSR count). The third-order valence-corrected chi connectivity index (χ3v) is 3.94. The first-order chi connectivity index (χ1) is 9.42. The van der Waals surface area contributed by atoms with Crippen LogP contribution in [0, 0.1) is 13.8 Å². The third kappa shape index (κ3) is 2.99. The first-order valence-corrected chi connectivity index (χ1v) is 7.25. The van der Waals surface area contributed by atoms with Gasteiger partial charge >= 0.3 is 0 Å². The van der Waals surface area contributed by atoms with Gasteiger partial charge in [0.05, 0.1) is 16.3 Å². The SMILES string of the molecule is CNc1cc(S(=O)(=O)Nc2nnc(C)c(C)n2)ccn1. The summed E-state index contributed by atoms with van der Waals surface area (Å²) in [6, 6.07) is 2.80. The Hall–Kier alpha value is -2.29. The number of sulfonamides is 1. The molecule has 9 heteroatoms. The van der Waals surface area contributed by atoms with Crippen molar-refractivity contribution in [3.63, 3.8) is 0 Å². The normalized spacial score (nSPS) is 11.2. The second kappa shape index (κ2) is 5.37. The van der Waals surface area contributed by atoms with E-state index in [4.69, 9.17) is 0 Å². The Kier molecular flexibility index (Phi) is 3.79. The monoisotopic (exact) mass is 294 g/mol. The van der Waals surface area contributed by atoms with Gasteiger partial charge in [-0.05, 0) is 19.9 Å². The lowest BCUT2D eigenvalue weighted by molar-refractivity contribution is 0.600. The van der Waals surface area contributed by atoms with Gasteiger partial charge in [-0.3, -0.25) is 0 Å². The van der Waals surface area contributed by atoms with Crippen molar-refractivity contribution in [3.05, 3.63) is 29.7 Å². The molecule has 0 bridgehead atoms.